The van der Waals surface area contributed by atoms with Crippen molar-refractivity contribution in [3.05, 3.63) is 11.6 Å². The number of allylic oxidation sites excluding steroid dienone is 1. The van der Waals surface area contributed by atoms with Gasteiger partial charge < -0.3 is 25.4 Å². The summed E-state index contributed by atoms with van der Waals surface area (Å²) in [5.41, 5.74) is -1.81. The van der Waals surface area contributed by atoms with E-state index in [9.17, 15) is 39.3 Å². The highest BCUT2D eigenvalue weighted by molar-refractivity contribution is 5.92. The van der Waals surface area contributed by atoms with Crippen LogP contribution in [0.15, 0.2) is 11.6 Å². The summed E-state index contributed by atoms with van der Waals surface area (Å²) >= 11 is 0. The van der Waals surface area contributed by atoms with Crippen LogP contribution in [0.25, 0.3) is 0 Å². The van der Waals surface area contributed by atoms with E-state index in [0.29, 0.717) is 19.3 Å². The number of ether oxygens (including phenoxy) is 1. The first kappa shape index (κ1) is 31.3. The summed E-state index contributed by atoms with van der Waals surface area (Å²) in [6.07, 6.45) is 4.47. The van der Waals surface area contributed by atoms with Crippen LogP contribution in [0.2, 0.25) is 0 Å². The number of hydrogen-bond donors (Lipinski definition) is 4. The highest BCUT2D eigenvalue weighted by atomic mass is 16.5. The molecule has 0 aromatic heterocycles. The number of rotatable bonds is 10. The van der Waals surface area contributed by atoms with Crippen LogP contribution in [-0.2, 0) is 28.7 Å². The predicted octanol–water partition coefficient (Wildman–Crippen LogP) is 2.73. The molecule has 8 atom stereocenters. The Morgan fingerprint density at radius 2 is 1.80 bits per heavy atom. The highest BCUT2D eigenvalue weighted by Crippen LogP contribution is 2.67. The van der Waals surface area contributed by atoms with Gasteiger partial charge in [0.1, 0.15) is 11.6 Å². The highest BCUT2D eigenvalue weighted by Gasteiger charge is 2.68. The van der Waals surface area contributed by atoms with Gasteiger partial charge in [0.2, 0.25) is 11.7 Å². The molecule has 4 rings (SSSR count). The van der Waals surface area contributed by atoms with Crippen LogP contribution in [0.1, 0.15) is 91.9 Å². The molecule has 10 heteroatoms. The molecule has 0 spiro atoms. The van der Waals surface area contributed by atoms with Gasteiger partial charge in [-0.1, -0.05) is 33.3 Å². The van der Waals surface area contributed by atoms with Gasteiger partial charge in [-0.3, -0.25) is 19.2 Å². The molecule has 4 aliphatic rings. The van der Waals surface area contributed by atoms with E-state index >= 15 is 0 Å². The summed E-state index contributed by atoms with van der Waals surface area (Å²) in [5.74, 6) is -2.89. The molecular formula is C31H45NO9. The maximum absolute atomic E-state index is 13.4. The first-order valence-corrected chi connectivity index (χ1v) is 15.0. The number of carbonyl (C=O) groups is 5. The van der Waals surface area contributed by atoms with E-state index in [0.717, 1.165) is 18.4 Å². The Morgan fingerprint density at radius 3 is 2.46 bits per heavy atom. The third kappa shape index (κ3) is 5.74. The lowest BCUT2D eigenvalue weighted by molar-refractivity contribution is -0.184. The van der Waals surface area contributed by atoms with Crippen LogP contribution >= 0.6 is 0 Å². The van der Waals surface area contributed by atoms with Crippen LogP contribution in [0, 0.1) is 34.5 Å². The average molecular weight is 576 g/mol. The molecule has 1 amide bonds. The quantitative estimate of drug-likeness (QED) is 0.286. The van der Waals surface area contributed by atoms with Crippen molar-refractivity contribution in [3.63, 3.8) is 0 Å². The van der Waals surface area contributed by atoms with Crippen LogP contribution in [0.4, 0.5) is 0 Å². The number of carbonyl (C=O) groups excluding carboxylic acids is 4. The molecule has 4 N–H and O–H groups in total. The zero-order valence-corrected chi connectivity index (χ0v) is 24.6. The monoisotopic (exact) mass is 575 g/mol. The Kier molecular flexibility index (Phi) is 8.86. The smallest absolute Gasteiger partial charge is 0.326 e. The number of aliphatic carboxylic acids is 1. The van der Waals surface area contributed by atoms with Crippen molar-refractivity contribution in [2.75, 3.05) is 6.61 Å². The van der Waals surface area contributed by atoms with Gasteiger partial charge in [-0.2, -0.15) is 0 Å². The fourth-order valence-corrected chi connectivity index (χ4v) is 8.66. The number of carboxylic acid groups (broad SMARTS) is 1. The Balaban J connectivity index is 1.36. The molecule has 0 heterocycles. The maximum Gasteiger partial charge on any atom is 0.326 e. The Bertz CT molecular complexity index is 1130. The van der Waals surface area contributed by atoms with Gasteiger partial charge in [-0.15, -0.1) is 0 Å². The maximum atomic E-state index is 13.4. The van der Waals surface area contributed by atoms with Crippen LogP contribution in [0.5, 0.6) is 0 Å². The van der Waals surface area contributed by atoms with Crippen molar-refractivity contribution >= 4 is 29.4 Å². The molecule has 0 saturated heterocycles. The molecule has 0 aromatic rings. The number of esters is 1. The van der Waals surface area contributed by atoms with E-state index in [1.807, 2.05) is 20.8 Å². The molecule has 0 aliphatic heterocycles. The van der Waals surface area contributed by atoms with Gasteiger partial charge >= 0.3 is 11.9 Å². The molecule has 3 saturated carbocycles. The van der Waals surface area contributed by atoms with Crippen LogP contribution in [0.3, 0.4) is 0 Å². The van der Waals surface area contributed by atoms with E-state index in [4.69, 9.17) is 4.74 Å². The van der Waals surface area contributed by atoms with Crippen molar-refractivity contribution in [2.24, 2.45) is 34.5 Å². The number of fused-ring (bicyclic) bond motifs is 5. The number of ketones is 2. The van der Waals surface area contributed by atoms with Gasteiger partial charge in [-0.05, 0) is 80.1 Å². The minimum atomic E-state index is -1.76. The molecule has 3 fully saturated rings. The minimum absolute atomic E-state index is 0.00766. The zero-order valence-electron chi connectivity index (χ0n) is 24.6. The van der Waals surface area contributed by atoms with Gasteiger partial charge in [0.05, 0.1) is 12.5 Å². The van der Waals surface area contributed by atoms with E-state index in [1.165, 1.54) is 0 Å². The molecule has 228 valence electrons. The number of aliphatic hydroxyl groups is 2. The number of aliphatic hydroxyl groups excluding tert-OH is 1. The van der Waals surface area contributed by atoms with Crippen LogP contribution in [-0.4, -0.2) is 69.1 Å². The van der Waals surface area contributed by atoms with Crippen LogP contribution < -0.4 is 5.32 Å². The largest absolute Gasteiger partial charge is 0.480 e. The molecule has 0 aromatic carbocycles. The van der Waals surface area contributed by atoms with Gasteiger partial charge in [0.25, 0.3) is 0 Å². The summed E-state index contributed by atoms with van der Waals surface area (Å²) in [7, 11) is 0. The van der Waals surface area contributed by atoms with Crippen molar-refractivity contribution in [2.45, 2.75) is 110 Å². The minimum Gasteiger partial charge on any atom is -0.480 e. The molecule has 0 radical (unpaired) electrons. The van der Waals surface area contributed by atoms with E-state index in [1.54, 1.807) is 6.08 Å². The molecule has 4 aliphatic carbocycles. The summed E-state index contributed by atoms with van der Waals surface area (Å²) < 4.78 is 5.16. The lowest BCUT2D eigenvalue weighted by Gasteiger charge is -2.60. The lowest BCUT2D eigenvalue weighted by atomic mass is 9.45. The van der Waals surface area contributed by atoms with E-state index in [2.05, 4.69) is 12.2 Å². The standard InChI is InChI=1S/C31H45NO9/c1-17(2)13-22(28(38)39)32-25(36)7-8-26(37)41-16-24(35)31(40)12-10-21-20-6-5-18-14-19(33)9-11-29(18,3)27(20)23(34)15-30(21,31)4/h14,17,20-23,27,34,40H,5-13,15-16H2,1-4H3,(H,32,36)(H,38,39)/t20-,21+,22-,23-,27-,29-,30-,31-/m0/s1. The first-order chi connectivity index (χ1) is 19.1. The van der Waals surface area contributed by atoms with Gasteiger partial charge in [0.15, 0.2) is 12.4 Å². The van der Waals surface area contributed by atoms with Crippen molar-refractivity contribution in [1.82, 2.24) is 5.32 Å². The van der Waals surface area contributed by atoms with Crippen molar-refractivity contribution in [3.8, 4) is 0 Å². The fourth-order valence-electron chi connectivity index (χ4n) is 8.66. The third-order valence-electron chi connectivity index (χ3n) is 10.8. The first-order valence-electron chi connectivity index (χ1n) is 15.0. The predicted molar refractivity (Wildman–Crippen MR) is 147 cm³/mol. The average Bonchev–Trinajstić information content (AvgIpc) is 3.16. The summed E-state index contributed by atoms with van der Waals surface area (Å²) in [6, 6.07) is -1.05. The Hall–Kier alpha value is -2.59. The lowest BCUT2D eigenvalue weighted by Crippen LogP contribution is -2.62. The number of hydrogen-bond acceptors (Lipinski definition) is 8. The SMILES string of the molecule is CC(C)C[C@H](NC(=O)CCC(=O)OCC(=O)[C@@]1(O)CC[C@@H]2[C@@H]3CCC4=CC(=O)CC[C@]4(C)[C@@H]3[C@@H](O)C[C@@]21C)C(=O)O. The topological polar surface area (TPSA) is 167 Å². The Morgan fingerprint density at radius 1 is 1.10 bits per heavy atom. The zero-order chi connectivity index (χ0) is 30.3. The number of carboxylic acids is 1. The number of amides is 1. The second-order valence-corrected chi connectivity index (χ2v) is 13.6. The molecule has 10 nitrogen and oxygen atoms in total. The van der Waals surface area contributed by atoms with E-state index < -0.39 is 53.4 Å². The Labute approximate surface area is 241 Å². The normalized spacial score (nSPS) is 36.9. The summed E-state index contributed by atoms with van der Waals surface area (Å²) in [5, 5.41) is 35.0. The summed E-state index contributed by atoms with van der Waals surface area (Å²) in [4.78, 5) is 61.4. The molecule has 41 heavy (non-hydrogen) atoms. The third-order valence-corrected chi connectivity index (χ3v) is 10.8. The number of nitrogens with one attached hydrogen (secondary N) is 1. The molecule has 0 unspecified atom stereocenters. The molecule has 0 bridgehead atoms. The van der Waals surface area contributed by atoms with E-state index in [-0.39, 0.29) is 67.0 Å². The second-order valence-electron chi connectivity index (χ2n) is 13.6. The second kappa shape index (κ2) is 11.6. The van der Waals surface area contributed by atoms with Gasteiger partial charge in [0, 0.05) is 18.3 Å². The molecular weight excluding hydrogens is 530 g/mol. The van der Waals surface area contributed by atoms with Crippen molar-refractivity contribution in [1.29, 1.82) is 0 Å². The summed E-state index contributed by atoms with van der Waals surface area (Å²) in [6.45, 7) is 7.05. The fraction of sp³-hybridized carbons (Fsp3) is 0.774. The van der Waals surface area contributed by atoms with Gasteiger partial charge in [-0.25, -0.2) is 4.79 Å². The number of Topliss-reactive ketones (excluding diaryl/α,β-unsaturated/α-hetero) is 1. The van der Waals surface area contributed by atoms with Crippen molar-refractivity contribution < 1.29 is 44.0 Å².